The molecule has 6 heteroatoms. The molecule has 0 aliphatic heterocycles. The monoisotopic (exact) mass is 1120 g/mol. The normalized spacial score (nSPS) is 12.8. The summed E-state index contributed by atoms with van der Waals surface area (Å²) in [7, 11) is 0. The number of carbonyl (C=O) groups excluding carboxylic acids is 3. The van der Waals surface area contributed by atoms with Crippen LogP contribution in [0.2, 0.25) is 0 Å². The SMILES string of the molecule is CC/C=C\C/C=C\C/C=C\C/C=C\C/C=C\C/C=C\CCCCCCCCCCC(=O)OCC(COC(=O)CCCCCCCCC/C=C\C/C=C\CCCCC)OC(=O)CCCCCCCCCCC/C=C\CCCCCCCC. The molecule has 0 spiro atoms. The fourth-order valence-corrected chi connectivity index (χ4v) is 9.59. The summed E-state index contributed by atoms with van der Waals surface area (Å²) in [5.41, 5.74) is 0. The molecule has 0 aromatic heterocycles. The van der Waals surface area contributed by atoms with Gasteiger partial charge in [-0.1, -0.05) is 291 Å². The molecule has 0 bridgehead atoms. The summed E-state index contributed by atoms with van der Waals surface area (Å²) in [5, 5.41) is 0. The summed E-state index contributed by atoms with van der Waals surface area (Å²) < 4.78 is 17.0. The zero-order valence-electron chi connectivity index (χ0n) is 53.3. The van der Waals surface area contributed by atoms with Gasteiger partial charge in [-0.15, -0.1) is 0 Å². The number of esters is 3. The van der Waals surface area contributed by atoms with Crippen molar-refractivity contribution in [1.29, 1.82) is 0 Å². The van der Waals surface area contributed by atoms with Crippen molar-refractivity contribution in [2.45, 2.75) is 335 Å². The molecule has 464 valence electrons. The van der Waals surface area contributed by atoms with Gasteiger partial charge in [-0.2, -0.15) is 0 Å². The van der Waals surface area contributed by atoms with Crippen LogP contribution in [0.5, 0.6) is 0 Å². The van der Waals surface area contributed by atoms with Gasteiger partial charge in [0.15, 0.2) is 6.10 Å². The van der Waals surface area contributed by atoms with Crippen molar-refractivity contribution in [3.8, 4) is 0 Å². The lowest BCUT2D eigenvalue weighted by atomic mass is 10.1. The Morgan fingerprint density at radius 3 is 0.790 bits per heavy atom. The molecule has 0 saturated heterocycles. The van der Waals surface area contributed by atoms with Crippen molar-refractivity contribution in [3.63, 3.8) is 0 Å². The van der Waals surface area contributed by atoms with Gasteiger partial charge in [-0.3, -0.25) is 14.4 Å². The van der Waals surface area contributed by atoms with E-state index >= 15 is 0 Å². The van der Waals surface area contributed by atoms with Gasteiger partial charge in [-0.25, -0.2) is 0 Å². The number of rotatable bonds is 62. The molecule has 0 rings (SSSR count). The summed E-state index contributed by atoms with van der Waals surface area (Å²) in [4.78, 5) is 38.5. The van der Waals surface area contributed by atoms with E-state index in [9.17, 15) is 14.4 Å². The summed E-state index contributed by atoms with van der Waals surface area (Å²) in [6.45, 7) is 6.52. The predicted octanol–water partition coefficient (Wildman–Crippen LogP) is 23.8. The van der Waals surface area contributed by atoms with Gasteiger partial charge in [0.25, 0.3) is 0 Å². The van der Waals surface area contributed by atoms with Crippen LogP contribution in [0.15, 0.2) is 109 Å². The van der Waals surface area contributed by atoms with Crippen molar-refractivity contribution in [1.82, 2.24) is 0 Å². The first kappa shape index (κ1) is 77.1. The third-order valence-electron chi connectivity index (χ3n) is 14.7. The molecule has 0 amide bonds. The molecule has 0 aromatic rings. The third-order valence-corrected chi connectivity index (χ3v) is 14.7. The Hall–Kier alpha value is -3.93. The molecule has 0 aromatic carbocycles. The van der Waals surface area contributed by atoms with E-state index in [1.165, 1.54) is 173 Å². The maximum absolute atomic E-state index is 13.0. The summed E-state index contributed by atoms with van der Waals surface area (Å²) >= 11 is 0. The van der Waals surface area contributed by atoms with Crippen LogP contribution in [-0.4, -0.2) is 37.2 Å². The summed E-state index contributed by atoms with van der Waals surface area (Å²) in [6, 6.07) is 0. The fraction of sp³-hybridized carbons (Fsp3) is 0.720. The van der Waals surface area contributed by atoms with Crippen LogP contribution >= 0.6 is 0 Å². The third kappa shape index (κ3) is 66.8. The molecule has 0 N–H and O–H groups in total. The average molecular weight is 1130 g/mol. The van der Waals surface area contributed by atoms with Crippen molar-refractivity contribution < 1.29 is 28.6 Å². The number of carbonyl (C=O) groups is 3. The molecule has 81 heavy (non-hydrogen) atoms. The minimum Gasteiger partial charge on any atom is -0.462 e. The van der Waals surface area contributed by atoms with Crippen molar-refractivity contribution >= 4 is 17.9 Å². The number of hydrogen-bond acceptors (Lipinski definition) is 6. The van der Waals surface area contributed by atoms with Crippen molar-refractivity contribution in [2.24, 2.45) is 0 Å². The first-order chi connectivity index (χ1) is 40.0. The molecule has 6 nitrogen and oxygen atoms in total. The molecule has 0 saturated carbocycles. The molecule has 0 radical (unpaired) electrons. The van der Waals surface area contributed by atoms with Gasteiger partial charge >= 0.3 is 17.9 Å². The Balaban J connectivity index is 4.38. The fourth-order valence-electron chi connectivity index (χ4n) is 9.59. The van der Waals surface area contributed by atoms with Gasteiger partial charge in [0, 0.05) is 19.3 Å². The maximum atomic E-state index is 13.0. The Morgan fingerprint density at radius 1 is 0.259 bits per heavy atom. The molecule has 0 heterocycles. The summed E-state index contributed by atoms with van der Waals surface area (Å²) in [5.74, 6) is -0.890. The second-order valence-electron chi connectivity index (χ2n) is 22.7. The van der Waals surface area contributed by atoms with Gasteiger partial charge in [0.1, 0.15) is 13.2 Å². The lowest BCUT2D eigenvalue weighted by Gasteiger charge is -2.18. The van der Waals surface area contributed by atoms with Crippen LogP contribution in [-0.2, 0) is 28.6 Å². The molecule has 0 fully saturated rings. The van der Waals surface area contributed by atoms with E-state index in [0.717, 1.165) is 116 Å². The Bertz CT molecular complexity index is 1620. The van der Waals surface area contributed by atoms with E-state index in [-0.39, 0.29) is 31.1 Å². The molecular weight excluding hydrogens is 997 g/mol. The predicted molar refractivity (Wildman–Crippen MR) is 353 cm³/mol. The maximum Gasteiger partial charge on any atom is 0.306 e. The molecule has 1 atom stereocenters. The minimum atomic E-state index is -0.789. The van der Waals surface area contributed by atoms with Gasteiger partial charge in [0.05, 0.1) is 0 Å². The van der Waals surface area contributed by atoms with Crippen LogP contribution in [0.25, 0.3) is 0 Å². The highest BCUT2D eigenvalue weighted by molar-refractivity contribution is 5.71. The van der Waals surface area contributed by atoms with E-state index in [0.29, 0.717) is 19.3 Å². The minimum absolute atomic E-state index is 0.0849. The lowest BCUT2D eigenvalue weighted by molar-refractivity contribution is -0.167. The number of unbranched alkanes of at least 4 members (excludes halogenated alkanes) is 33. The zero-order chi connectivity index (χ0) is 58.5. The van der Waals surface area contributed by atoms with Gasteiger partial charge in [-0.05, 0) is 128 Å². The number of hydrogen-bond donors (Lipinski definition) is 0. The van der Waals surface area contributed by atoms with E-state index in [1.54, 1.807) is 0 Å². The van der Waals surface area contributed by atoms with Gasteiger partial charge in [0.2, 0.25) is 0 Å². The topological polar surface area (TPSA) is 78.9 Å². The van der Waals surface area contributed by atoms with E-state index in [1.807, 2.05) is 0 Å². The second-order valence-corrected chi connectivity index (χ2v) is 22.7. The quantitative estimate of drug-likeness (QED) is 0.0261. The van der Waals surface area contributed by atoms with Crippen LogP contribution in [0.3, 0.4) is 0 Å². The first-order valence-electron chi connectivity index (χ1n) is 34.4. The highest BCUT2D eigenvalue weighted by atomic mass is 16.6. The first-order valence-corrected chi connectivity index (χ1v) is 34.4. The van der Waals surface area contributed by atoms with Crippen LogP contribution in [0.4, 0.5) is 0 Å². The largest absolute Gasteiger partial charge is 0.462 e. The van der Waals surface area contributed by atoms with Crippen LogP contribution in [0, 0.1) is 0 Å². The van der Waals surface area contributed by atoms with E-state index in [2.05, 4.69) is 130 Å². The number of ether oxygens (including phenoxy) is 3. The number of allylic oxidation sites excluding steroid dienone is 18. The van der Waals surface area contributed by atoms with Gasteiger partial charge < -0.3 is 14.2 Å². The Kier molecular flexibility index (Phi) is 65.2. The highest BCUT2D eigenvalue weighted by Gasteiger charge is 2.19. The second kappa shape index (κ2) is 68.6. The standard InChI is InChI=1S/C75H128O6/c1-4-7-10-13-16-19-22-25-28-31-33-34-35-36-37-38-39-40-42-44-47-50-53-56-59-62-65-68-74(77)80-71-72(70-79-73(76)67-64-61-58-55-52-49-46-43-30-27-24-21-18-15-12-9-6-3)81-75(78)69-66-63-60-57-54-51-48-45-41-32-29-26-23-20-17-14-11-8-5-2/h7,10,16,18-19,21,25-30,33-34,36-37,39-40,72H,4-6,8-9,11-15,17,20,22-24,31-32,35,38,41-71H2,1-3H3/b10-7-,19-16-,21-18-,28-25-,29-26-,30-27-,34-33-,37-36-,40-39-. The van der Waals surface area contributed by atoms with Crippen LogP contribution < -0.4 is 0 Å². The van der Waals surface area contributed by atoms with E-state index in [4.69, 9.17) is 14.2 Å². The van der Waals surface area contributed by atoms with Crippen molar-refractivity contribution in [2.75, 3.05) is 13.2 Å². The van der Waals surface area contributed by atoms with E-state index < -0.39 is 6.10 Å². The molecule has 0 aliphatic rings. The zero-order valence-corrected chi connectivity index (χ0v) is 53.3. The lowest BCUT2D eigenvalue weighted by Crippen LogP contribution is -2.30. The highest BCUT2D eigenvalue weighted by Crippen LogP contribution is 2.16. The van der Waals surface area contributed by atoms with Crippen molar-refractivity contribution in [3.05, 3.63) is 109 Å². The molecule has 1 unspecified atom stereocenters. The Morgan fingerprint density at radius 2 is 0.481 bits per heavy atom. The smallest absolute Gasteiger partial charge is 0.306 e. The molecule has 0 aliphatic carbocycles. The van der Waals surface area contributed by atoms with Crippen LogP contribution in [0.1, 0.15) is 329 Å². The average Bonchev–Trinajstić information content (AvgIpc) is 3.47. The Labute approximate surface area is 501 Å². The summed E-state index contributed by atoms with van der Waals surface area (Å²) in [6.07, 6.45) is 93.8. The molecular formula is C75H128O6.